The lowest BCUT2D eigenvalue weighted by molar-refractivity contribution is -0.384. The highest BCUT2D eigenvalue weighted by atomic mass is 16.6. The Bertz CT molecular complexity index is 1560. The summed E-state index contributed by atoms with van der Waals surface area (Å²) in [5.74, 6) is 0.0196. The molecule has 0 unspecified atom stereocenters. The summed E-state index contributed by atoms with van der Waals surface area (Å²) in [4.78, 5) is 62.8. The van der Waals surface area contributed by atoms with E-state index in [4.69, 9.17) is 20.6 Å². The summed E-state index contributed by atoms with van der Waals surface area (Å²) in [5, 5.41) is 17.9. The van der Waals surface area contributed by atoms with Gasteiger partial charge < -0.3 is 26.4 Å². The van der Waals surface area contributed by atoms with Crippen molar-refractivity contribution in [3.63, 3.8) is 0 Å². The number of nitro benzene ring substituents is 1. The summed E-state index contributed by atoms with van der Waals surface area (Å²) in [7, 11) is 1.50. The molecule has 1 aliphatic carbocycles. The van der Waals surface area contributed by atoms with Crippen LogP contribution in [0.3, 0.4) is 0 Å². The van der Waals surface area contributed by atoms with Gasteiger partial charge in [-0.05, 0) is 77.1 Å². The van der Waals surface area contributed by atoms with Crippen molar-refractivity contribution in [3.8, 4) is 0 Å². The zero-order chi connectivity index (χ0) is 38.2. The lowest BCUT2D eigenvalue weighted by Crippen LogP contribution is -2.52. The molecular weight excluding hydrogens is 666 g/mol. The number of allylic oxidation sites excluding steroid dienone is 1. The predicted molar refractivity (Wildman–Crippen MR) is 204 cm³/mol. The molecule has 15 heteroatoms. The average molecular weight is 720 g/mol. The van der Waals surface area contributed by atoms with Crippen LogP contribution in [0.4, 0.5) is 11.4 Å². The number of hydrogen-bond donors (Lipinski definition) is 3. The van der Waals surface area contributed by atoms with Crippen LogP contribution in [-0.4, -0.2) is 120 Å². The summed E-state index contributed by atoms with van der Waals surface area (Å²) in [5.41, 5.74) is 14.1. The van der Waals surface area contributed by atoms with Gasteiger partial charge in [0.05, 0.1) is 22.7 Å². The standard InChI is InChI=1S/C35H46N8O4.CH5N.CH2O2/c1-25-32(24-37-3)34(42(29-7-4-5-8-29)35(45)33(25)26(2)44)38-16-6-9-31(23-36)41-21-19-40(20-22-41)28-14-17-39(18-15-28)27-10-12-30(13-11-27)43(46)47;1-2;2-1-3/h6,9-13,23-24,28-29H,3-5,7-8,14-22,36H2,1-2H3;2H2,1H3;1H,(H,2,3)/b9-6-,31-23+,32-24-,38-34?;;. The summed E-state index contributed by atoms with van der Waals surface area (Å²) >= 11 is 0. The molecule has 5 N–H and O–H groups in total. The number of piperidine rings is 1. The van der Waals surface area contributed by atoms with Crippen LogP contribution in [0.5, 0.6) is 0 Å². The molecule has 0 spiro atoms. The largest absolute Gasteiger partial charge is 0.483 e. The van der Waals surface area contributed by atoms with Crippen molar-refractivity contribution in [3.05, 3.63) is 81.3 Å². The van der Waals surface area contributed by atoms with Gasteiger partial charge >= 0.3 is 0 Å². The smallest absolute Gasteiger partial charge is 0.290 e. The molecule has 15 nitrogen and oxygen atoms in total. The number of amidine groups is 1. The molecule has 0 atom stereocenters. The number of piperazine rings is 1. The van der Waals surface area contributed by atoms with Gasteiger partial charge in [-0.1, -0.05) is 18.9 Å². The summed E-state index contributed by atoms with van der Waals surface area (Å²) < 4.78 is 0. The third-order valence-corrected chi connectivity index (χ3v) is 9.83. The number of hydrogen-bond acceptors (Lipinski definition) is 12. The second-order valence-electron chi connectivity index (χ2n) is 12.7. The Morgan fingerprint density at radius 2 is 1.63 bits per heavy atom. The molecule has 2 saturated heterocycles. The number of amides is 1. The minimum absolute atomic E-state index is 0.00578. The molecule has 0 aromatic heterocycles. The van der Waals surface area contributed by atoms with Gasteiger partial charge in [0.2, 0.25) is 0 Å². The highest BCUT2D eigenvalue weighted by Crippen LogP contribution is 2.34. The number of carboxylic acid groups (broad SMARTS) is 1. The van der Waals surface area contributed by atoms with Crippen LogP contribution in [0.25, 0.3) is 0 Å². The maximum absolute atomic E-state index is 13.6. The molecule has 1 saturated carbocycles. The first-order chi connectivity index (χ1) is 25.1. The zero-order valence-electron chi connectivity index (χ0n) is 30.5. The molecule has 0 bridgehead atoms. The molecule has 5 rings (SSSR count). The number of nitrogens with zero attached hydrogens (tertiary/aromatic N) is 7. The number of non-ortho nitro benzene ring substituents is 1. The van der Waals surface area contributed by atoms with E-state index in [1.165, 1.54) is 14.0 Å². The van der Waals surface area contributed by atoms with Crippen molar-refractivity contribution in [1.82, 2.24) is 14.7 Å². The lowest BCUT2D eigenvalue weighted by atomic mass is 9.91. The number of aliphatic imine (C=N–C) groups is 2. The van der Waals surface area contributed by atoms with Gasteiger partial charge in [0.15, 0.2) is 5.78 Å². The van der Waals surface area contributed by atoms with E-state index < -0.39 is 0 Å². The van der Waals surface area contributed by atoms with Crippen molar-refractivity contribution in [2.75, 3.05) is 57.8 Å². The van der Waals surface area contributed by atoms with Crippen LogP contribution in [-0.2, 0) is 14.4 Å². The van der Waals surface area contributed by atoms with E-state index in [2.05, 4.69) is 32.1 Å². The third kappa shape index (κ3) is 10.2. The van der Waals surface area contributed by atoms with Crippen molar-refractivity contribution >= 4 is 42.1 Å². The highest BCUT2D eigenvalue weighted by Gasteiger charge is 2.40. The minimum atomic E-state index is -0.364. The van der Waals surface area contributed by atoms with Gasteiger partial charge in [-0.3, -0.25) is 44.3 Å². The van der Waals surface area contributed by atoms with Gasteiger partial charge in [0, 0.05) is 87.1 Å². The van der Waals surface area contributed by atoms with Crippen LogP contribution < -0.4 is 16.4 Å². The van der Waals surface area contributed by atoms with Gasteiger partial charge in [0.25, 0.3) is 18.1 Å². The van der Waals surface area contributed by atoms with Crippen LogP contribution in [0.2, 0.25) is 0 Å². The van der Waals surface area contributed by atoms with Gasteiger partial charge in [-0.25, -0.2) is 0 Å². The molecule has 3 heterocycles. The predicted octanol–water partition coefficient (Wildman–Crippen LogP) is 3.49. The Hall–Kier alpha value is -5.15. The molecule has 1 aromatic rings. The molecule has 1 aromatic carbocycles. The number of carbonyl (C=O) groups is 3. The normalized spacial score (nSPS) is 20.9. The van der Waals surface area contributed by atoms with E-state index in [-0.39, 0.29) is 40.4 Å². The van der Waals surface area contributed by atoms with E-state index in [1.54, 1.807) is 36.4 Å². The van der Waals surface area contributed by atoms with E-state index in [0.717, 1.165) is 89.2 Å². The average Bonchev–Trinajstić information content (AvgIpc) is 3.69. The number of ketones is 1. The fraction of sp³-hybridized carbons (Fsp3) is 0.486. The maximum atomic E-state index is 13.6. The van der Waals surface area contributed by atoms with Crippen LogP contribution in [0.1, 0.15) is 52.4 Å². The number of nitro groups is 1. The number of rotatable bonds is 10. The minimum Gasteiger partial charge on any atom is -0.483 e. The Kier molecular flexibility index (Phi) is 16.4. The Morgan fingerprint density at radius 3 is 2.15 bits per heavy atom. The molecule has 0 radical (unpaired) electrons. The molecule has 1 amide bonds. The van der Waals surface area contributed by atoms with Crippen molar-refractivity contribution < 1.29 is 24.4 Å². The highest BCUT2D eigenvalue weighted by molar-refractivity contribution is 6.29. The van der Waals surface area contributed by atoms with E-state index in [9.17, 15) is 19.7 Å². The van der Waals surface area contributed by atoms with Crippen molar-refractivity contribution in [2.45, 2.75) is 64.5 Å². The van der Waals surface area contributed by atoms with E-state index in [0.29, 0.717) is 29.6 Å². The molecule has 282 valence electrons. The fourth-order valence-electron chi connectivity index (χ4n) is 7.33. The summed E-state index contributed by atoms with van der Waals surface area (Å²) in [6.07, 6.45) is 13.1. The van der Waals surface area contributed by atoms with Gasteiger partial charge in [-0.2, -0.15) is 0 Å². The number of carbonyl (C=O) groups excluding carboxylic acids is 2. The van der Waals surface area contributed by atoms with E-state index >= 15 is 0 Å². The zero-order valence-corrected chi connectivity index (χ0v) is 30.5. The number of nitrogens with two attached hydrogens (primary N) is 2. The Labute approximate surface area is 305 Å². The molecular formula is C37H53N9O6. The maximum Gasteiger partial charge on any atom is 0.290 e. The first-order valence-electron chi connectivity index (χ1n) is 17.6. The third-order valence-electron chi connectivity index (χ3n) is 9.83. The fourth-order valence-corrected chi connectivity index (χ4v) is 7.33. The quantitative estimate of drug-likeness (QED) is 0.0797. The lowest BCUT2D eigenvalue weighted by Gasteiger charge is -2.44. The molecule has 3 fully saturated rings. The topological polar surface area (TPSA) is 204 Å². The number of anilines is 1. The van der Waals surface area contributed by atoms with Gasteiger partial charge in [0.1, 0.15) is 5.84 Å². The van der Waals surface area contributed by atoms with Crippen LogP contribution >= 0.6 is 0 Å². The first kappa shape index (κ1) is 41.3. The van der Waals surface area contributed by atoms with Crippen molar-refractivity contribution in [2.24, 2.45) is 21.5 Å². The summed E-state index contributed by atoms with van der Waals surface area (Å²) in [6, 6.07) is 7.35. The van der Waals surface area contributed by atoms with E-state index in [1.807, 2.05) is 24.3 Å². The molecule has 3 aliphatic heterocycles. The second-order valence-corrected chi connectivity index (χ2v) is 12.7. The Morgan fingerprint density at radius 1 is 1.04 bits per heavy atom. The first-order valence-corrected chi connectivity index (χ1v) is 17.6. The second kappa shape index (κ2) is 20.6. The SMILES string of the molecule is C=N/C=C1\C(=NC/C=C\C(=C/N)N2CCN(C3CCN(c4ccc([N+](=O)[O-])cc4)CC3)CC2)N(C2CCCC2)C(=O)C(C(C)=O)=C1C.CN.O=CO. The monoisotopic (exact) mass is 719 g/mol. The molecule has 4 aliphatic rings. The Balaban J connectivity index is 0.00000139. The molecule has 52 heavy (non-hydrogen) atoms. The van der Waals surface area contributed by atoms with Crippen LogP contribution in [0, 0.1) is 10.1 Å². The number of benzene rings is 1. The van der Waals surface area contributed by atoms with Crippen LogP contribution in [0.15, 0.2) is 81.2 Å². The number of Topliss-reactive ketones (excluding diaryl/α,β-unsaturated/α-hetero) is 1. The summed E-state index contributed by atoms with van der Waals surface area (Å²) in [6.45, 7) is 12.4. The van der Waals surface area contributed by atoms with Crippen molar-refractivity contribution in [1.29, 1.82) is 0 Å². The van der Waals surface area contributed by atoms with Gasteiger partial charge in [-0.15, -0.1) is 0 Å².